The maximum atomic E-state index is 6.01. The highest BCUT2D eigenvalue weighted by atomic mass is 79.9. The summed E-state index contributed by atoms with van der Waals surface area (Å²) < 4.78 is 3.33. The van der Waals surface area contributed by atoms with Gasteiger partial charge in [0.1, 0.15) is 0 Å². The topological polar surface area (TPSA) is 21.1 Å². The maximum absolute atomic E-state index is 6.01. The molecule has 0 bridgehead atoms. The van der Waals surface area contributed by atoms with E-state index in [2.05, 4.69) is 39.4 Å². The molecule has 0 atom stereocenters. The van der Waals surface area contributed by atoms with E-state index in [0.29, 0.717) is 11.9 Å². The van der Waals surface area contributed by atoms with Crippen LogP contribution in [0.15, 0.2) is 4.47 Å². The lowest BCUT2D eigenvalue weighted by atomic mass is 10.2. The van der Waals surface area contributed by atoms with E-state index >= 15 is 0 Å². The maximum Gasteiger partial charge on any atom is 0.0767 e. The molecule has 20 heavy (non-hydrogen) atoms. The highest BCUT2D eigenvalue weighted by Gasteiger charge is 2.25. The number of halogens is 2. The minimum absolute atomic E-state index is 0.700. The summed E-state index contributed by atoms with van der Waals surface area (Å²) >= 11 is 9.76. The van der Waals surface area contributed by atoms with Crippen molar-refractivity contribution in [3.05, 3.63) is 15.9 Å². The van der Waals surface area contributed by atoms with Crippen LogP contribution in [0.3, 0.4) is 0 Å². The van der Waals surface area contributed by atoms with Crippen molar-refractivity contribution in [2.75, 3.05) is 12.4 Å². The first-order valence-corrected chi connectivity index (χ1v) is 9.08. The molecule has 0 radical (unpaired) electrons. The summed E-state index contributed by atoms with van der Waals surface area (Å²) in [5, 5.41) is 4.70. The third kappa shape index (κ3) is 3.58. The predicted molar refractivity (Wildman–Crippen MR) is 88.4 cm³/mol. The van der Waals surface area contributed by atoms with Gasteiger partial charge in [0, 0.05) is 31.6 Å². The molecule has 3 nitrogen and oxygen atoms in total. The summed E-state index contributed by atoms with van der Waals surface area (Å²) in [6, 6.07) is 0.700. The van der Waals surface area contributed by atoms with Crippen molar-refractivity contribution >= 4 is 27.5 Å². The van der Waals surface area contributed by atoms with Gasteiger partial charge in [0.15, 0.2) is 0 Å². The van der Waals surface area contributed by atoms with E-state index in [0.717, 1.165) is 26.1 Å². The van der Waals surface area contributed by atoms with Gasteiger partial charge < -0.3 is 0 Å². The van der Waals surface area contributed by atoms with Crippen LogP contribution in [0.1, 0.15) is 50.9 Å². The number of alkyl halides is 1. The lowest BCUT2D eigenvalue weighted by Gasteiger charge is -2.28. The first-order chi connectivity index (χ1) is 9.71. The molecule has 0 unspecified atom stereocenters. The molecule has 0 N–H and O–H groups in total. The van der Waals surface area contributed by atoms with E-state index in [4.69, 9.17) is 16.7 Å². The molecule has 0 saturated heterocycles. The summed E-state index contributed by atoms with van der Waals surface area (Å²) in [6.07, 6.45) is 6.32. The lowest BCUT2D eigenvalue weighted by Crippen LogP contribution is -2.35. The fraction of sp³-hybridized carbons (Fsp3) is 0.800. The zero-order chi connectivity index (χ0) is 14.5. The lowest BCUT2D eigenvalue weighted by molar-refractivity contribution is 0.195. The smallest absolute Gasteiger partial charge is 0.0767 e. The molecule has 1 aromatic heterocycles. The van der Waals surface area contributed by atoms with Gasteiger partial charge in [-0.1, -0.05) is 19.8 Å². The Bertz CT molecular complexity index is 427. The second-order valence-electron chi connectivity index (χ2n) is 5.47. The van der Waals surface area contributed by atoms with Crippen molar-refractivity contribution in [3.63, 3.8) is 0 Å². The quantitative estimate of drug-likeness (QED) is 0.677. The number of aryl methyl sites for hydroxylation is 2. The molecule has 0 aromatic carbocycles. The molecule has 1 heterocycles. The molecule has 114 valence electrons. The molecular formula is C15H25BrClN3. The summed E-state index contributed by atoms with van der Waals surface area (Å²) in [6.45, 7) is 7.16. The molecule has 1 aliphatic carbocycles. The molecular weight excluding hydrogens is 338 g/mol. The Kier molecular flexibility index (Phi) is 6.37. The molecule has 1 saturated carbocycles. The van der Waals surface area contributed by atoms with Crippen molar-refractivity contribution in [1.82, 2.24) is 14.7 Å². The zero-order valence-electron chi connectivity index (χ0n) is 12.5. The van der Waals surface area contributed by atoms with Gasteiger partial charge in [-0.2, -0.15) is 5.10 Å². The molecule has 1 aromatic rings. The first kappa shape index (κ1) is 16.3. The number of rotatable bonds is 7. The zero-order valence-corrected chi connectivity index (χ0v) is 14.9. The SMILES string of the molecule is CCc1nn(CC)c(CN(CCCl)C2CCCC2)c1Br. The summed E-state index contributed by atoms with van der Waals surface area (Å²) in [4.78, 5) is 2.55. The van der Waals surface area contributed by atoms with Gasteiger partial charge in [0.2, 0.25) is 0 Å². The van der Waals surface area contributed by atoms with E-state index in [9.17, 15) is 0 Å². The predicted octanol–water partition coefficient (Wildman–Crippen LogP) is 4.21. The van der Waals surface area contributed by atoms with E-state index < -0.39 is 0 Å². The van der Waals surface area contributed by atoms with Crippen LogP contribution in [0.5, 0.6) is 0 Å². The van der Waals surface area contributed by atoms with Gasteiger partial charge in [-0.05, 0) is 42.1 Å². The van der Waals surface area contributed by atoms with E-state index in [1.165, 1.54) is 41.5 Å². The fourth-order valence-electron chi connectivity index (χ4n) is 3.13. The molecule has 5 heteroatoms. The average molecular weight is 363 g/mol. The van der Waals surface area contributed by atoms with Crippen LogP contribution < -0.4 is 0 Å². The molecule has 0 spiro atoms. The largest absolute Gasteiger partial charge is 0.293 e. The van der Waals surface area contributed by atoms with Gasteiger partial charge >= 0.3 is 0 Å². The van der Waals surface area contributed by atoms with Crippen LogP contribution in [-0.4, -0.2) is 33.1 Å². The van der Waals surface area contributed by atoms with Crippen LogP contribution in [-0.2, 0) is 19.5 Å². The highest BCUT2D eigenvalue weighted by Crippen LogP contribution is 2.28. The van der Waals surface area contributed by atoms with Crippen LogP contribution >= 0.6 is 27.5 Å². The van der Waals surface area contributed by atoms with Crippen molar-refractivity contribution in [1.29, 1.82) is 0 Å². The second kappa shape index (κ2) is 7.81. The third-order valence-electron chi connectivity index (χ3n) is 4.26. The molecule has 2 rings (SSSR count). The Labute approximate surface area is 135 Å². The van der Waals surface area contributed by atoms with E-state index in [-0.39, 0.29) is 0 Å². The van der Waals surface area contributed by atoms with Crippen molar-refractivity contribution < 1.29 is 0 Å². The number of aromatic nitrogens is 2. The average Bonchev–Trinajstić information content (AvgIpc) is 3.07. The minimum Gasteiger partial charge on any atom is -0.293 e. The van der Waals surface area contributed by atoms with Crippen LogP contribution in [0, 0.1) is 0 Å². The molecule has 1 aliphatic rings. The Morgan fingerprint density at radius 3 is 2.60 bits per heavy atom. The Morgan fingerprint density at radius 1 is 1.35 bits per heavy atom. The first-order valence-electron chi connectivity index (χ1n) is 7.75. The summed E-state index contributed by atoms with van der Waals surface area (Å²) in [5.41, 5.74) is 2.47. The third-order valence-corrected chi connectivity index (χ3v) is 5.34. The number of nitrogens with zero attached hydrogens (tertiary/aromatic N) is 3. The van der Waals surface area contributed by atoms with Crippen molar-refractivity contribution in [2.45, 2.75) is 65.1 Å². The van der Waals surface area contributed by atoms with Gasteiger partial charge in [-0.15, -0.1) is 11.6 Å². The highest BCUT2D eigenvalue weighted by molar-refractivity contribution is 9.10. The van der Waals surface area contributed by atoms with Gasteiger partial charge in [0.05, 0.1) is 15.9 Å². The Morgan fingerprint density at radius 2 is 2.05 bits per heavy atom. The van der Waals surface area contributed by atoms with Crippen molar-refractivity contribution in [2.24, 2.45) is 0 Å². The number of hydrogen-bond acceptors (Lipinski definition) is 2. The van der Waals surface area contributed by atoms with Gasteiger partial charge in [0.25, 0.3) is 0 Å². The minimum atomic E-state index is 0.700. The van der Waals surface area contributed by atoms with Gasteiger partial charge in [-0.3, -0.25) is 9.58 Å². The molecule has 1 fully saturated rings. The second-order valence-corrected chi connectivity index (χ2v) is 6.65. The van der Waals surface area contributed by atoms with E-state index in [1.54, 1.807) is 0 Å². The summed E-state index contributed by atoms with van der Waals surface area (Å²) in [7, 11) is 0. The Balaban J connectivity index is 2.18. The van der Waals surface area contributed by atoms with Gasteiger partial charge in [-0.25, -0.2) is 0 Å². The fourth-order valence-corrected chi connectivity index (χ4v) is 4.04. The van der Waals surface area contributed by atoms with Crippen LogP contribution in [0.25, 0.3) is 0 Å². The normalized spacial score (nSPS) is 16.4. The number of hydrogen-bond donors (Lipinski definition) is 0. The van der Waals surface area contributed by atoms with Crippen LogP contribution in [0.4, 0.5) is 0 Å². The monoisotopic (exact) mass is 361 g/mol. The molecule has 0 amide bonds. The Hall–Kier alpha value is -0.0600. The standard InChI is InChI=1S/C15H25BrClN3/c1-3-13-15(16)14(20(4-2)18-13)11-19(10-9-17)12-7-5-6-8-12/h12H,3-11H2,1-2H3. The van der Waals surface area contributed by atoms with Crippen LogP contribution in [0.2, 0.25) is 0 Å². The van der Waals surface area contributed by atoms with E-state index in [1.807, 2.05) is 0 Å². The molecule has 0 aliphatic heterocycles. The summed E-state index contributed by atoms with van der Waals surface area (Å²) in [5.74, 6) is 0.703. The van der Waals surface area contributed by atoms with Crippen molar-refractivity contribution in [3.8, 4) is 0 Å².